The molecule has 0 aliphatic carbocycles. The third-order valence-corrected chi connectivity index (χ3v) is 7.63. The summed E-state index contributed by atoms with van der Waals surface area (Å²) in [6, 6.07) is 5.03. The highest BCUT2D eigenvalue weighted by Crippen LogP contribution is 2.44. The van der Waals surface area contributed by atoms with E-state index in [-0.39, 0.29) is 46.7 Å². The Morgan fingerprint density at radius 1 is 1.26 bits per heavy atom. The number of anilines is 3. The molecule has 6 rings (SSSR count). The number of nitrogens with one attached hydrogen (secondary N) is 1. The molecule has 15 heteroatoms. The first kappa shape index (κ1) is 29.2. The third kappa shape index (κ3) is 5.86. The second-order valence-corrected chi connectivity index (χ2v) is 11.2. The fraction of sp³-hybridized carbons (Fsp3) is 0.429. The van der Waals surface area contributed by atoms with E-state index in [0.29, 0.717) is 37.5 Å². The minimum Gasteiger partial charge on any atom is -0.481 e. The Balaban J connectivity index is 1.27. The van der Waals surface area contributed by atoms with E-state index in [4.69, 9.17) is 30.5 Å². The average Bonchev–Trinajstić information content (AvgIpc) is 3.54. The standard InChI is InChI=1S/C28H28ClF3N6O5/c1-27(2)42-14-18(43-27)13-41-22-9-16(4-6-33-22)35-26(39)38-17-5-7-37(12-17)21-10-20(29)23(36-24(21)38)15-8-19(28(30,31)32)25(40-3)34-11-15/h4,6,8-11,17-18H,5,7,12-14H2,1-3H3,(H,33,35,39)/t17-,18?/m0/s1. The Bertz CT molecular complexity index is 1560. The highest BCUT2D eigenvalue weighted by molar-refractivity contribution is 6.33. The fourth-order valence-corrected chi connectivity index (χ4v) is 5.66. The van der Waals surface area contributed by atoms with Gasteiger partial charge in [0.2, 0.25) is 11.8 Å². The molecule has 43 heavy (non-hydrogen) atoms. The molecule has 3 aliphatic heterocycles. The number of nitrogens with zero attached hydrogens (tertiary/aromatic N) is 5. The second kappa shape index (κ2) is 11.0. The number of amides is 2. The summed E-state index contributed by atoms with van der Waals surface area (Å²) in [5.41, 5.74) is 0.0697. The van der Waals surface area contributed by atoms with Crippen LogP contribution in [-0.4, -0.2) is 72.3 Å². The second-order valence-electron chi connectivity index (χ2n) is 10.8. The summed E-state index contributed by atoms with van der Waals surface area (Å²) in [5.74, 6) is -0.678. The Labute approximate surface area is 249 Å². The number of hydrogen-bond acceptors (Lipinski definition) is 9. The summed E-state index contributed by atoms with van der Waals surface area (Å²) in [6.45, 7) is 5.48. The summed E-state index contributed by atoms with van der Waals surface area (Å²) in [4.78, 5) is 30.0. The van der Waals surface area contributed by atoms with Crippen molar-refractivity contribution in [3.05, 3.63) is 47.2 Å². The number of methoxy groups -OCH3 is 1. The first-order chi connectivity index (χ1) is 20.4. The largest absolute Gasteiger partial charge is 0.481 e. The quantitative estimate of drug-likeness (QED) is 0.388. The number of hydrogen-bond donors (Lipinski definition) is 1. The molecule has 228 valence electrons. The van der Waals surface area contributed by atoms with Gasteiger partial charge in [-0.15, -0.1) is 0 Å². The topological polar surface area (TPSA) is 111 Å². The van der Waals surface area contributed by atoms with Crippen LogP contribution in [0, 0.1) is 0 Å². The SMILES string of the molecule is COc1ncc(-c2nc3c(cc2Cl)N2CC[C@@H](C2)N3C(=O)Nc2ccnc(OCC3COC(C)(C)O3)c2)cc1C(F)(F)F. The molecule has 0 saturated carbocycles. The molecule has 0 spiro atoms. The van der Waals surface area contributed by atoms with E-state index < -0.39 is 29.4 Å². The summed E-state index contributed by atoms with van der Waals surface area (Å²) >= 11 is 6.55. The van der Waals surface area contributed by atoms with Crippen molar-refractivity contribution in [2.45, 2.75) is 44.4 Å². The normalized spacial score (nSPS) is 20.6. The molecule has 11 nitrogen and oxygen atoms in total. The van der Waals surface area contributed by atoms with Gasteiger partial charge in [-0.2, -0.15) is 13.2 Å². The first-order valence-electron chi connectivity index (χ1n) is 13.5. The third-order valence-electron chi connectivity index (χ3n) is 7.35. The molecule has 0 radical (unpaired) electrons. The smallest absolute Gasteiger partial charge is 0.421 e. The van der Waals surface area contributed by atoms with E-state index in [9.17, 15) is 18.0 Å². The van der Waals surface area contributed by atoms with Crippen molar-refractivity contribution in [3.8, 4) is 23.0 Å². The highest BCUT2D eigenvalue weighted by Gasteiger charge is 2.41. The molecule has 3 aromatic heterocycles. The van der Waals surface area contributed by atoms with Crippen molar-refractivity contribution < 1.29 is 36.9 Å². The van der Waals surface area contributed by atoms with Crippen molar-refractivity contribution in [1.82, 2.24) is 15.0 Å². The molecule has 1 N–H and O–H groups in total. The van der Waals surface area contributed by atoms with Gasteiger partial charge in [0, 0.05) is 42.8 Å². The van der Waals surface area contributed by atoms with Crippen LogP contribution in [0.1, 0.15) is 25.8 Å². The Morgan fingerprint density at radius 3 is 2.79 bits per heavy atom. The molecule has 1 unspecified atom stereocenters. The van der Waals surface area contributed by atoms with Crippen LogP contribution >= 0.6 is 11.6 Å². The highest BCUT2D eigenvalue weighted by atomic mass is 35.5. The predicted molar refractivity (Wildman–Crippen MR) is 151 cm³/mol. The van der Waals surface area contributed by atoms with Crippen LogP contribution in [0.25, 0.3) is 11.3 Å². The number of carbonyl (C=O) groups is 1. The van der Waals surface area contributed by atoms with Gasteiger partial charge in [-0.05, 0) is 38.5 Å². The number of fused-ring (bicyclic) bond motifs is 4. The zero-order valence-electron chi connectivity index (χ0n) is 23.4. The number of ether oxygens (including phenoxy) is 4. The zero-order chi connectivity index (χ0) is 30.5. The van der Waals surface area contributed by atoms with Gasteiger partial charge in [0.1, 0.15) is 18.3 Å². The van der Waals surface area contributed by atoms with E-state index in [2.05, 4.69) is 20.3 Å². The maximum Gasteiger partial charge on any atom is 0.421 e. The van der Waals surface area contributed by atoms with E-state index >= 15 is 0 Å². The number of alkyl halides is 3. The van der Waals surface area contributed by atoms with Gasteiger partial charge < -0.3 is 29.2 Å². The van der Waals surface area contributed by atoms with Gasteiger partial charge in [0.15, 0.2) is 11.6 Å². The van der Waals surface area contributed by atoms with E-state index in [1.807, 2.05) is 18.7 Å². The lowest BCUT2D eigenvalue weighted by Crippen LogP contribution is -2.48. The van der Waals surface area contributed by atoms with Crippen molar-refractivity contribution in [2.24, 2.45) is 0 Å². The van der Waals surface area contributed by atoms with E-state index in [1.54, 1.807) is 18.2 Å². The number of aromatic nitrogens is 3. The van der Waals surface area contributed by atoms with Crippen LogP contribution in [0.2, 0.25) is 5.02 Å². The molecule has 3 aliphatic rings. The maximum absolute atomic E-state index is 13.7. The molecule has 2 saturated heterocycles. The van der Waals surface area contributed by atoms with Crippen LogP contribution in [-0.2, 0) is 15.7 Å². The van der Waals surface area contributed by atoms with Gasteiger partial charge >= 0.3 is 12.2 Å². The number of carbonyl (C=O) groups excluding carboxylic acids is 1. The number of pyridine rings is 3. The van der Waals surface area contributed by atoms with E-state index in [1.165, 1.54) is 17.3 Å². The Hall–Kier alpha value is -3.88. The lowest BCUT2D eigenvalue weighted by molar-refractivity contribution is -0.141. The van der Waals surface area contributed by atoms with Gasteiger partial charge in [0.05, 0.1) is 36.2 Å². The molecule has 0 aromatic carbocycles. The molecule has 2 atom stereocenters. The van der Waals surface area contributed by atoms with Gasteiger partial charge in [0.25, 0.3) is 0 Å². The summed E-state index contributed by atoms with van der Waals surface area (Å²) in [5, 5.41) is 3.00. The lowest BCUT2D eigenvalue weighted by atomic mass is 10.1. The molecular formula is C28H28ClF3N6O5. The van der Waals surface area contributed by atoms with Gasteiger partial charge in [-0.3, -0.25) is 4.90 Å². The molecule has 2 bridgehead atoms. The van der Waals surface area contributed by atoms with Crippen molar-refractivity contribution in [3.63, 3.8) is 0 Å². The summed E-state index contributed by atoms with van der Waals surface area (Å²) in [7, 11) is 1.11. The van der Waals surface area contributed by atoms with Crippen LogP contribution in [0.3, 0.4) is 0 Å². The van der Waals surface area contributed by atoms with Crippen molar-refractivity contribution in [1.29, 1.82) is 0 Å². The van der Waals surface area contributed by atoms with Crippen LogP contribution in [0.4, 0.5) is 35.2 Å². The zero-order valence-corrected chi connectivity index (χ0v) is 24.2. The summed E-state index contributed by atoms with van der Waals surface area (Å²) in [6.07, 6.45) is -1.59. The maximum atomic E-state index is 13.7. The monoisotopic (exact) mass is 620 g/mol. The first-order valence-corrected chi connectivity index (χ1v) is 13.9. The minimum absolute atomic E-state index is 0.0326. The predicted octanol–water partition coefficient (Wildman–Crippen LogP) is 5.38. The average molecular weight is 621 g/mol. The van der Waals surface area contributed by atoms with Crippen molar-refractivity contribution >= 4 is 34.8 Å². The van der Waals surface area contributed by atoms with Gasteiger partial charge in [-0.25, -0.2) is 19.7 Å². The van der Waals surface area contributed by atoms with Crippen LogP contribution < -0.4 is 24.6 Å². The molecule has 2 amide bonds. The Kier molecular flexibility index (Phi) is 7.47. The van der Waals surface area contributed by atoms with Crippen molar-refractivity contribution in [2.75, 3.05) is 48.5 Å². The molecular weight excluding hydrogens is 593 g/mol. The molecule has 3 aromatic rings. The molecule has 6 heterocycles. The minimum atomic E-state index is -4.71. The number of halogens is 4. The van der Waals surface area contributed by atoms with Gasteiger partial charge in [-0.1, -0.05) is 11.6 Å². The van der Waals surface area contributed by atoms with E-state index in [0.717, 1.165) is 13.2 Å². The molecule has 2 fully saturated rings. The Morgan fingerprint density at radius 2 is 2.07 bits per heavy atom. The van der Waals surface area contributed by atoms with Crippen LogP contribution in [0.5, 0.6) is 11.8 Å². The number of urea groups is 1. The van der Waals surface area contributed by atoms with Crippen LogP contribution in [0.15, 0.2) is 36.7 Å². The number of rotatable bonds is 6. The fourth-order valence-electron chi connectivity index (χ4n) is 5.41. The lowest BCUT2D eigenvalue weighted by Gasteiger charge is -2.36. The summed E-state index contributed by atoms with van der Waals surface area (Å²) < 4.78 is 63.0.